The highest BCUT2D eigenvalue weighted by molar-refractivity contribution is 5.77. The predicted octanol–water partition coefficient (Wildman–Crippen LogP) is 1.96. The number of hydrogen-bond acceptors (Lipinski definition) is 3. The number of aryl methyl sites for hydroxylation is 1. The van der Waals surface area contributed by atoms with Crippen molar-refractivity contribution in [2.75, 3.05) is 13.1 Å². The lowest BCUT2D eigenvalue weighted by molar-refractivity contribution is 0.325. The zero-order valence-electron chi connectivity index (χ0n) is 11.9. The highest BCUT2D eigenvalue weighted by Gasteiger charge is 2.17. The second kappa shape index (κ2) is 5.75. The fraction of sp³-hybridized carbons (Fsp3) is 0.500. The average Bonchev–Trinajstić information content (AvgIpc) is 2.51. The van der Waals surface area contributed by atoms with Crippen molar-refractivity contribution < 1.29 is 0 Å². The van der Waals surface area contributed by atoms with E-state index in [0.717, 1.165) is 55.6 Å². The lowest BCUT2D eigenvalue weighted by atomic mass is 9.98. The second-order valence-electron chi connectivity index (χ2n) is 5.51. The summed E-state index contributed by atoms with van der Waals surface area (Å²) in [5.41, 5.74) is 0.932. The molecule has 20 heavy (non-hydrogen) atoms. The highest BCUT2D eigenvalue weighted by Crippen LogP contribution is 2.16. The lowest BCUT2D eigenvalue weighted by Crippen LogP contribution is -2.34. The SMILES string of the molecule is CCc1nc2ccccc2c(=O)n1CC1CCNCC1. The van der Waals surface area contributed by atoms with E-state index < -0.39 is 0 Å². The summed E-state index contributed by atoms with van der Waals surface area (Å²) in [4.78, 5) is 17.4. The third kappa shape index (κ3) is 2.48. The minimum absolute atomic E-state index is 0.117. The van der Waals surface area contributed by atoms with Gasteiger partial charge in [-0.2, -0.15) is 0 Å². The van der Waals surface area contributed by atoms with E-state index >= 15 is 0 Å². The van der Waals surface area contributed by atoms with Crippen molar-refractivity contribution in [3.05, 3.63) is 40.4 Å². The Labute approximate surface area is 118 Å². The van der Waals surface area contributed by atoms with Crippen molar-refractivity contribution in [2.24, 2.45) is 5.92 Å². The van der Waals surface area contributed by atoms with Crippen LogP contribution in [0.3, 0.4) is 0 Å². The van der Waals surface area contributed by atoms with Crippen LogP contribution in [0.5, 0.6) is 0 Å². The van der Waals surface area contributed by atoms with Gasteiger partial charge in [-0.3, -0.25) is 9.36 Å². The van der Waals surface area contributed by atoms with Crippen LogP contribution in [0.4, 0.5) is 0 Å². The van der Waals surface area contributed by atoms with Crippen LogP contribution in [-0.2, 0) is 13.0 Å². The molecular weight excluding hydrogens is 250 g/mol. The average molecular weight is 271 g/mol. The number of benzene rings is 1. The van der Waals surface area contributed by atoms with Gasteiger partial charge in [-0.05, 0) is 44.0 Å². The molecule has 0 aliphatic carbocycles. The summed E-state index contributed by atoms with van der Waals surface area (Å²) >= 11 is 0. The Morgan fingerprint density at radius 1 is 1.30 bits per heavy atom. The molecule has 2 heterocycles. The molecule has 0 radical (unpaired) electrons. The smallest absolute Gasteiger partial charge is 0.261 e. The van der Waals surface area contributed by atoms with Gasteiger partial charge in [0, 0.05) is 13.0 Å². The van der Waals surface area contributed by atoms with Crippen LogP contribution < -0.4 is 10.9 Å². The second-order valence-corrected chi connectivity index (χ2v) is 5.51. The molecule has 0 unspecified atom stereocenters. The van der Waals surface area contributed by atoms with E-state index in [1.165, 1.54) is 0 Å². The maximum Gasteiger partial charge on any atom is 0.261 e. The van der Waals surface area contributed by atoms with E-state index in [1.54, 1.807) is 0 Å². The number of rotatable bonds is 3. The summed E-state index contributed by atoms with van der Waals surface area (Å²) in [7, 11) is 0. The number of nitrogens with one attached hydrogen (secondary N) is 1. The number of piperidine rings is 1. The van der Waals surface area contributed by atoms with E-state index in [2.05, 4.69) is 17.2 Å². The van der Waals surface area contributed by atoms with E-state index in [9.17, 15) is 4.79 Å². The van der Waals surface area contributed by atoms with Crippen LogP contribution >= 0.6 is 0 Å². The Bertz CT molecular complexity index is 656. The van der Waals surface area contributed by atoms with E-state index in [-0.39, 0.29) is 5.56 Å². The lowest BCUT2D eigenvalue weighted by Gasteiger charge is -2.24. The van der Waals surface area contributed by atoms with Crippen molar-refractivity contribution in [1.82, 2.24) is 14.9 Å². The quantitative estimate of drug-likeness (QED) is 0.928. The van der Waals surface area contributed by atoms with Gasteiger partial charge in [-0.25, -0.2) is 4.98 Å². The molecule has 0 bridgehead atoms. The zero-order valence-corrected chi connectivity index (χ0v) is 11.9. The summed E-state index contributed by atoms with van der Waals surface area (Å²) in [6.07, 6.45) is 3.08. The first-order valence-corrected chi connectivity index (χ1v) is 7.48. The molecule has 1 aliphatic rings. The van der Waals surface area contributed by atoms with Gasteiger partial charge in [0.1, 0.15) is 5.82 Å². The molecule has 0 spiro atoms. The molecule has 4 nitrogen and oxygen atoms in total. The van der Waals surface area contributed by atoms with Gasteiger partial charge in [0.05, 0.1) is 10.9 Å². The molecule has 1 aliphatic heterocycles. The molecule has 0 amide bonds. The minimum atomic E-state index is 0.117. The molecule has 1 N–H and O–H groups in total. The Balaban J connectivity index is 2.03. The molecule has 1 fully saturated rings. The number of aromatic nitrogens is 2. The Kier molecular flexibility index (Phi) is 3.83. The normalized spacial score (nSPS) is 16.6. The maximum absolute atomic E-state index is 12.7. The number of nitrogens with zero attached hydrogens (tertiary/aromatic N) is 2. The summed E-state index contributed by atoms with van der Waals surface area (Å²) in [6, 6.07) is 7.64. The van der Waals surface area contributed by atoms with Gasteiger partial charge in [0.15, 0.2) is 0 Å². The van der Waals surface area contributed by atoms with Gasteiger partial charge in [0.2, 0.25) is 0 Å². The summed E-state index contributed by atoms with van der Waals surface area (Å²) in [5.74, 6) is 1.49. The number of hydrogen-bond donors (Lipinski definition) is 1. The van der Waals surface area contributed by atoms with E-state index in [0.29, 0.717) is 5.92 Å². The molecular formula is C16H21N3O. The third-order valence-electron chi connectivity index (χ3n) is 4.16. The van der Waals surface area contributed by atoms with Crippen LogP contribution in [0, 0.1) is 5.92 Å². The monoisotopic (exact) mass is 271 g/mol. The summed E-state index contributed by atoms with van der Waals surface area (Å²) in [6.45, 7) is 4.99. The molecule has 1 saturated heterocycles. The molecule has 2 aromatic rings. The minimum Gasteiger partial charge on any atom is -0.317 e. The van der Waals surface area contributed by atoms with Gasteiger partial charge >= 0.3 is 0 Å². The standard InChI is InChI=1S/C16H21N3O/c1-2-15-18-14-6-4-3-5-13(14)16(20)19(15)11-12-7-9-17-10-8-12/h3-6,12,17H,2,7-11H2,1H3. The Morgan fingerprint density at radius 3 is 2.80 bits per heavy atom. The Hall–Kier alpha value is -1.68. The largest absolute Gasteiger partial charge is 0.317 e. The van der Waals surface area contributed by atoms with Crippen LogP contribution in [0.2, 0.25) is 0 Å². The van der Waals surface area contributed by atoms with Gasteiger partial charge in [-0.1, -0.05) is 19.1 Å². The molecule has 3 rings (SSSR count). The fourth-order valence-corrected chi connectivity index (χ4v) is 2.99. The Morgan fingerprint density at radius 2 is 2.05 bits per heavy atom. The molecule has 106 valence electrons. The summed E-state index contributed by atoms with van der Waals surface area (Å²) in [5, 5.41) is 4.11. The van der Waals surface area contributed by atoms with Crippen LogP contribution in [-0.4, -0.2) is 22.6 Å². The van der Waals surface area contributed by atoms with Gasteiger partial charge in [-0.15, -0.1) is 0 Å². The number of para-hydroxylation sites is 1. The van der Waals surface area contributed by atoms with Crippen molar-refractivity contribution >= 4 is 10.9 Å². The first-order chi connectivity index (χ1) is 9.79. The topological polar surface area (TPSA) is 46.9 Å². The fourth-order valence-electron chi connectivity index (χ4n) is 2.99. The first kappa shape index (κ1) is 13.3. The van der Waals surface area contributed by atoms with Crippen molar-refractivity contribution in [3.8, 4) is 0 Å². The van der Waals surface area contributed by atoms with Gasteiger partial charge < -0.3 is 5.32 Å². The maximum atomic E-state index is 12.7. The number of fused-ring (bicyclic) bond motifs is 1. The molecule has 1 aromatic carbocycles. The molecule has 0 saturated carbocycles. The van der Waals surface area contributed by atoms with Crippen LogP contribution in [0.25, 0.3) is 10.9 Å². The highest BCUT2D eigenvalue weighted by atomic mass is 16.1. The predicted molar refractivity (Wildman–Crippen MR) is 81.0 cm³/mol. The van der Waals surface area contributed by atoms with Crippen LogP contribution in [0.15, 0.2) is 29.1 Å². The van der Waals surface area contributed by atoms with Crippen molar-refractivity contribution in [2.45, 2.75) is 32.7 Å². The van der Waals surface area contributed by atoms with Crippen LogP contribution in [0.1, 0.15) is 25.6 Å². The molecule has 0 atom stereocenters. The first-order valence-electron chi connectivity index (χ1n) is 7.48. The van der Waals surface area contributed by atoms with Crippen molar-refractivity contribution in [1.29, 1.82) is 0 Å². The van der Waals surface area contributed by atoms with E-state index in [1.807, 2.05) is 28.8 Å². The van der Waals surface area contributed by atoms with Gasteiger partial charge in [0.25, 0.3) is 5.56 Å². The van der Waals surface area contributed by atoms with Crippen molar-refractivity contribution in [3.63, 3.8) is 0 Å². The van der Waals surface area contributed by atoms with E-state index in [4.69, 9.17) is 0 Å². The zero-order chi connectivity index (χ0) is 13.9. The summed E-state index contributed by atoms with van der Waals surface area (Å²) < 4.78 is 1.90. The molecule has 4 heteroatoms. The molecule has 1 aromatic heterocycles. The third-order valence-corrected chi connectivity index (χ3v) is 4.16.